The molecule has 0 heterocycles. The first kappa shape index (κ1) is 13.9. The Balaban J connectivity index is 1.97. The fraction of sp³-hybridized carbons (Fsp3) is 0.0526. The third-order valence-corrected chi connectivity index (χ3v) is 3.75. The van der Waals surface area contributed by atoms with Gasteiger partial charge in [-0.25, -0.2) is 0 Å². The minimum atomic E-state index is -0.110. The molecule has 0 saturated heterocycles. The molecule has 0 spiro atoms. The lowest BCUT2D eigenvalue weighted by molar-refractivity contribution is 0.247. The highest BCUT2D eigenvalue weighted by molar-refractivity contribution is 9.10. The Morgan fingerprint density at radius 1 is 0.667 bits per heavy atom. The van der Waals surface area contributed by atoms with E-state index in [9.17, 15) is 0 Å². The van der Waals surface area contributed by atoms with Crippen LogP contribution in [0, 0.1) is 0 Å². The molecule has 0 aromatic heterocycles. The van der Waals surface area contributed by atoms with Gasteiger partial charge in [-0.05, 0) is 29.3 Å². The SMILES string of the molecule is Brc1cccc(OC(c2ccccc2)c2ccccc2)c1. The Labute approximate surface area is 133 Å². The first-order valence-corrected chi connectivity index (χ1v) is 7.64. The largest absolute Gasteiger partial charge is 0.481 e. The summed E-state index contributed by atoms with van der Waals surface area (Å²) in [5.74, 6) is 0.849. The van der Waals surface area contributed by atoms with Gasteiger partial charge in [-0.3, -0.25) is 0 Å². The molecule has 0 atom stereocenters. The monoisotopic (exact) mass is 338 g/mol. The molecular formula is C19H15BrO. The molecule has 0 unspecified atom stereocenters. The third-order valence-electron chi connectivity index (χ3n) is 3.25. The minimum Gasteiger partial charge on any atom is -0.481 e. The molecule has 0 amide bonds. The van der Waals surface area contributed by atoms with Crippen molar-refractivity contribution in [2.24, 2.45) is 0 Å². The summed E-state index contributed by atoms with van der Waals surface area (Å²) >= 11 is 3.48. The van der Waals surface area contributed by atoms with Crippen LogP contribution < -0.4 is 4.74 Å². The smallest absolute Gasteiger partial charge is 0.149 e. The first-order chi connectivity index (χ1) is 10.3. The molecule has 21 heavy (non-hydrogen) atoms. The number of hydrogen-bond acceptors (Lipinski definition) is 1. The Morgan fingerprint density at radius 3 is 1.76 bits per heavy atom. The Bertz CT molecular complexity index is 656. The highest BCUT2D eigenvalue weighted by Crippen LogP contribution is 2.29. The topological polar surface area (TPSA) is 9.23 Å². The summed E-state index contributed by atoms with van der Waals surface area (Å²) in [4.78, 5) is 0. The molecule has 0 radical (unpaired) electrons. The van der Waals surface area contributed by atoms with Gasteiger partial charge in [-0.2, -0.15) is 0 Å². The summed E-state index contributed by atoms with van der Waals surface area (Å²) in [5, 5.41) is 0. The van der Waals surface area contributed by atoms with Crippen LogP contribution in [-0.4, -0.2) is 0 Å². The first-order valence-electron chi connectivity index (χ1n) is 6.85. The molecule has 0 aliphatic rings. The summed E-state index contributed by atoms with van der Waals surface area (Å²) in [5.41, 5.74) is 2.28. The van der Waals surface area contributed by atoms with Crippen molar-refractivity contribution in [3.05, 3.63) is 101 Å². The highest BCUT2D eigenvalue weighted by atomic mass is 79.9. The molecule has 1 nitrogen and oxygen atoms in total. The van der Waals surface area contributed by atoms with Gasteiger partial charge in [0.2, 0.25) is 0 Å². The van der Waals surface area contributed by atoms with Crippen LogP contribution in [0.25, 0.3) is 0 Å². The van der Waals surface area contributed by atoms with Gasteiger partial charge >= 0.3 is 0 Å². The van der Waals surface area contributed by atoms with E-state index in [1.54, 1.807) is 0 Å². The van der Waals surface area contributed by atoms with Gasteiger partial charge in [-0.1, -0.05) is 82.7 Å². The maximum atomic E-state index is 6.24. The third kappa shape index (κ3) is 3.53. The lowest BCUT2D eigenvalue weighted by Gasteiger charge is -2.20. The van der Waals surface area contributed by atoms with E-state index in [1.807, 2.05) is 60.7 Å². The molecular weight excluding hydrogens is 324 g/mol. The lowest BCUT2D eigenvalue weighted by atomic mass is 10.0. The lowest BCUT2D eigenvalue weighted by Crippen LogP contribution is -2.09. The van der Waals surface area contributed by atoms with Gasteiger partial charge in [0.05, 0.1) is 0 Å². The summed E-state index contributed by atoms with van der Waals surface area (Å²) in [6, 6.07) is 28.5. The van der Waals surface area contributed by atoms with E-state index in [-0.39, 0.29) is 6.10 Å². The summed E-state index contributed by atoms with van der Waals surface area (Å²) in [7, 11) is 0. The average molecular weight is 339 g/mol. The highest BCUT2D eigenvalue weighted by Gasteiger charge is 2.15. The average Bonchev–Trinajstić information content (AvgIpc) is 2.54. The fourth-order valence-corrected chi connectivity index (χ4v) is 2.64. The van der Waals surface area contributed by atoms with E-state index in [0.717, 1.165) is 21.3 Å². The molecule has 3 aromatic carbocycles. The van der Waals surface area contributed by atoms with Crippen molar-refractivity contribution in [1.29, 1.82) is 0 Å². The van der Waals surface area contributed by atoms with Crippen molar-refractivity contribution < 1.29 is 4.74 Å². The van der Waals surface area contributed by atoms with E-state index in [0.29, 0.717) is 0 Å². The predicted molar refractivity (Wildman–Crippen MR) is 89.5 cm³/mol. The van der Waals surface area contributed by atoms with Crippen molar-refractivity contribution in [3.63, 3.8) is 0 Å². The van der Waals surface area contributed by atoms with Crippen molar-refractivity contribution >= 4 is 15.9 Å². The van der Waals surface area contributed by atoms with Crippen LogP contribution in [-0.2, 0) is 0 Å². The van der Waals surface area contributed by atoms with E-state index >= 15 is 0 Å². The zero-order valence-corrected chi connectivity index (χ0v) is 13.0. The van der Waals surface area contributed by atoms with Crippen molar-refractivity contribution in [3.8, 4) is 5.75 Å². The van der Waals surface area contributed by atoms with Crippen molar-refractivity contribution in [1.82, 2.24) is 0 Å². The molecule has 0 saturated carbocycles. The van der Waals surface area contributed by atoms with Gasteiger partial charge in [0.15, 0.2) is 0 Å². The van der Waals surface area contributed by atoms with E-state index in [4.69, 9.17) is 4.74 Å². The Morgan fingerprint density at radius 2 is 1.24 bits per heavy atom. The molecule has 0 aliphatic carbocycles. The van der Waals surface area contributed by atoms with Crippen LogP contribution in [0.1, 0.15) is 17.2 Å². The van der Waals surface area contributed by atoms with Crippen LogP contribution in [0.3, 0.4) is 0 Å². The van der Waals surface area contributed by atoms with Gasteiger partial charge in [-0.15, -0.1) is 0 Å². The second-order valence-electron chi connectivity index (χ2n) is 4.78. The fourth-order valence-electron chi connectivity index (χ4n) is 2.26. The normalized spacial score (nSPS) is 10.6. The number of benzene rings is 3. The van der Waals surface area contributed by atoms with Crippen molar-refractivity contribution in [2.75, 3.05) is 0 Å². The molecule has 0 fully saturated rings. The zero-order valence-electron chi connectivity index (χ0n) is 11.4. The van der Waals surface area contributed by atoms with E-state index < -0.39 is 0 Å². The molecule has 0 bridgehead atoms. The second kappa shape index (κ2) is 6.59. The van der Waals surface area contributed by atoms with Crippen LogP contribution in [0.4, 0.5) is 0 Å². The van der Waals surface area contributed by atoms with Crippen LogP contribution in [0.15, 0.2) is 89.4 Å². The Kier molecular flexibility index (Phi) is 4.37. The second-order valence-corrected chi connectivity index (χ2v) is 5.69. The number of hydrogen-bond donors (Lipinski definition) is 0. The predicted octanol–water partition coefficient (Wildman–Crippen LogP) is 5.62. The molecule has 0 aliphatic heterocycles. The van der Waals surface area contributed by atoms with E-state index in [2.05, 4.69) is 40.2 Å². The van der Waals surface area contributed by atoms with Gasteiger partial charge in [0.1, 0.15) is 11.9 Å². The molecule has 3 rings (SSSR count). The van der Waals surface area contributed by atoms with Gasteiger partial charge in [0, 0.05) is 4.47 Å². The minimum absolute atomic E-state index is 0.110. The molecule has 2 heteroatoms. The number of ether oxygens (including phenoxy) is 1. The number of rotatable bonds is 4. The standard InChI is InChI=1S/C19H15BrO/c20-17-12-7-13-18(14-17)21-19(15-8-3-1-4-9-15)16-10-5-2-6-11-16/h1-14,19H. The zero-order chi connectivity index (χ0) is 14.5. The van der Waals surface area contributed by atoms with Gasteiger partial charge in [0.25, 0.3) is 0 Å². The summed E-state index contributed by atoms with van der Waals surface area (Å²) in [6.07, 6.45) is -0.110. The number of halogens is 1. The summed E-state index contributed by atoms with van der Waals surface area (Å²) in [6.45, 7) is 0. The molecule has 3 aromatic rings. The maximum Gasteiger partial charge on any atom is 0.149 e. The van der Waals surface area contributed by atoms with E-state index in [1.165, 1.54) is 0 Å². The quantitative estimate of drug-likeness (QED) is 0.600. The molecule has 0 N–H and O–H groups in total. The van der Waals surface area contributed by atoms with Gasteiger partial charge < -0.3 is 4.74 Å². The van der Waals surface area contributed by atoms with Crippen LogP contribution >= 0.6 is 15.9 Å². The van der Waals surface area contributed by atoms with Crippen LogP contribution in [0.5, 0.6) is 5.75 Å². The molecule has 104 valence electrons. The maximum absolute atomic E-state index is 6.24. The Hall–Kier alpha value is -2.06. The van der Waals surface area contributed by atoms with Crippen molar-refractivity contribution in [2.45, 2.75) is 6.10 Å². The summed E-state index contributed by atoms with van der Waals surface area (Å²) < 4.78 is 7.25. The van der Waals surface area contributed by atoms with Crippen LogP contribution in [0.2, 0.25) is 0 Å².